The summed E-state index contributed by atoms with van der Waals surface area (Å²) in [6.45, 7) is 0. The zero-order valence-corrected chi connectivity index (χ0v) is 8.18. The van der Waals surface area contributed by atoms with E-state index in [4.69, 9.17) is 16.7 Å². The van der Waals surface area contributed by atoms with Crippen LogP contribution in [0.1, 0.15) is 5.69 Å². The van der Waals surface area contributed by atoms with Crippen LogP contribution in [-0.4, -0.2) is 26.8 Å². The fraction of sp³-hybridized carbons (Fsp3) is 0.286. The minimum absolute atomic E-state index is 0.0737. The van der Waals surface area contributed by atoms with E-state index < -0.39 is 5.97 Å². The van der Waals surface area contributed by atoms with Crippen molar-refractivity contribution in [3.8, 4) is 0 Å². The van der Waals surface area contributed by atoms with E-state index in [0.717, 1.165) is 5.69 Å². The summed E-state index contributed by atoms with van der Waals surface area (Å²) in [5.74, 6) is -0.215. The fourth-order valence-electron chi connectivity index (χ4n) is 0.656. The summed E-state index contributed by atoms with van der Waals surface area (Å²) in [5.41, 5.74) is 0.732. The molecular formula is C7H7ClN2O2S. The molecule has 0 aromatic carbocycles. The second kappa shape index (κ2) is 5.04. The molecule has 1 rings (SSSR count). The van der Waals surface area contributed by atoms with Crippen molar-refractivity contribution in [1.29, 1.82) is 0 Å². The number of aromatic nitrogens is 2. The van der Waals surface area contributed by atoms with E-state index in [-0.39, 0.29) is 5.75 Å². The van der Waals surface area contributed by atoms with Crippen LogP contribution in [0.4, 0.5) is 0 Å². The van der Waals surface area contributed by atoms with Gasteiger partial charge in [-0.15, -0.1) is 11.8 Å². The molecule has 0 bridgehead atoms. The smallest absolute Gasteiger partial charge is 0.313 e. The molecule has 1 heterocycles. The first-order valence-electron chi connectivity index (χ1n) is 3.44. The number of aliphatic carboxylic acids is 1. The minimum Gasteiger partial charge on any atom is -0.481 e. The zero-order chi connectivity index (χ0) is 9.68. The van der Waals surface area contributed by atoms with Gasteiger partial charge in [0.25, 0.3) is 0 Å². The third-order valence-corrected chi connectivity index (χ3v) is 2.30. The van der Waals surface area contributed by atoms with Crippen molar-refractivity contribution in [1.82, 2.24) is 9.97 Å². The van der Waals surface area contributed by atoms with Gasteiger partial charge in [-0.05, 0) is 0 Å². The van der Waals surface area contributed by atoms with Crippen LogP contribution in [0, 0.1) is 0 Å². The van der Waals surface area contributed by atoms with Gasteiger partial charge in [-0.25, -0.2) is 4.98 Å². The molecule has 4 nitrogen and oxygen atoms in total. The van der Waals surface area contributed by atoms with Crippen LogP contribution in [-0.2, 0) is 10.5 Å². The van der Waals surface area contributed by atoms with Gasteiger partial charge in [-0.2, -0.15) is 0 Å². The van der Waals surface area contributed by atoms with Crippen LogP contribution in [0.3, 0.4) is 0 Å². The molecule has 0 unspecified atom stereocenters. The number of carboxylic acid groups (broad SMARTS) is 1. The second-order valence-corrected chi connectivity index (χ2v) is 3.59. The van der Waals surface area contributed by atoms with Crippen molar-refractivity contribution in [3.63, 3.8) is 0 Å². The van der Waals surface area contributed by atoms with E-state index in [1.807, 2.05) is 0 Å². The molecule has 1 aromatic rings. The van der Waals surface area contributed by atoms with Gasteiger partial charge >= 0.3 is 5.97 Å². The van der Waals surface area contributed by atoms with Gasteiger partial charge in [0.2, 0.25) is 0 Å². The predicted molar refractivity (Wildman–Crippen MR) is 50.8 cm³/mol. The largest absolute Gasteiger partial charge is 0.481 e. The monoisotopic (exact) mass is 218 g/mol. The number of halogens is 1. The lowest BCUT2D eigenvalue weighted by molar-refractivity contribution is -0.133. The van der Waals surface area contributed by atoms with Crippen LogP contribution in [0.5, 0.6) is 0 Å². The summed E-state index contributed by atoms with van der Waals surface area (Å²) in [4.78, 5) is 18.0. The molecule has 0 radical (unpaired) electrons. The van der Waals surface area contributed by atoms with Gasteiger partial charge in [0.1, 0.15) is 5.15 Å². The van der Waals surface area contributed by atoms with Gasteiger partial charge in [-0.1, -0.05) is 11.6 Å². The molecule has 0 atom stereocenters. The van der Waals surface area contributed by atoms with E-state index in [1.165, 1.54) is 24.2 Å². The van der Waals surface area contributed by atoms with E-state index >= 15 is 0 Å². The number of hydrogen-bond donors (Lipinski definition) is 1. The number of carbonyl (C=O) groups is 1. The van der Waals surface area contributed by atoms with Gasteiger partial charge in [-0.3, -0.25) is 9.78 Å². The molecule has 1 aromatic heterocycles. The molecule has 0 fully saturated rings. The zero-order valence-electron chi connectivity index (χ0n) is 6.61. The molecule has 0 aliphatic carbocycles. The highest BCUT2D eigenvalue weighted by atomic mass is 35.5. The first kappa shape index (κ1) is 10.3. The molecule has 70 valence electrons. The summed E-state index contributed by atoms with van der Waals surface area (Å²) in [5, 5.41) is 8.70. The Bertz CT molecular complexity index is 291. The minimum atomic E-state index is -0.827. The third-order valence-electron chi connectivity index (χ3n) is 1.15. The number of carboxylic acids is 1. The van der Waals surface area contributed by atoms with Crippen LogP contribution < -0.4 is 0 Å². The number of nitrogens with zero attached hydrogens (tertiary/aromatic N) is 2. The molecule has 1 N–H and O–H groups in total. The van der Waals surface area contributed by atoms with Gasteiger partial charge in [0.15, 0.2) is 0 Å². The maximum atomic E-state index is 10.2. The van der Waals surface area contributed by atoms with Crippen molar-refractivity contribution in [2.24, 2.45) is 0 Å². The second-order valence-electron chi connectivity index (χ2n) is 2.22. The van der Waals surface area contributed by atoms with E-state index in [2.05, 4.69) is 9.97 Å². The average molecular weight is 219 g/mol. The Morgan fingerprint density at radius 1 is 1.54 bits per heavy atom. The highest BCUT2D eigenvalue weighted by Crippen LogP contribution is 2.09. The Kier molecular flexibility index (Phi) is 3.98. The van der Waals surface area contributed by atoms with E-state index in [0.29, 0.717) is 10.9 Å². The number of rotatable bonds is 4. The standard InChI is InChI=1S/C7H7ClN2O2S/c8-6-2-9-5(1-10-6)3-13-4-7(11)12/h1-2H,3-4H2,(H,11,12). The van der Waals surface area contributed by atoms with Gasteiger partial charge in [0.05, 0.1) is 23.8 Å². The highest BCUT2D eigenvalue weighted by molar-refractivity contribution is 7.99. The van der Waals surface area contributed by atoms with Crippen LogP contribution >= 0.6 is 23.4 Å². The summed E-state index contributed by atoms with van der Waals surface area (Å²) in [7, 11) is 0. The van der Waals surface area contributed by atoms with Crippen LogP contribution in [0.2, 0.25) is 5.15 Å². The predicted octanol–water partition coefficient (Wildman–Crippen LogP) is 1.45. The molecule has 6 heteroatoms. The lowest BCUT2D eigenvalue weighted by Crippen LogP contribution is -1.99. The van der Waals surface area contributed by atoms with Crippen molar-refractivity contribution in [3.05, 3.63) is 23.2 Å². The van der Waals surface area contributed by atoms with Crippen molar-refractivity contribution >= 4 is 29.3 Å². The maximum absolute atomic E-state index is 10.2. The fourth-order valence-corrected chi connectivity index (χ4v) is 1.39. The summed E-state index contributed by atoms with van der Waals surface area (Å²) < 4.78 is 0. The Labute approximate surface area is 84.3 Å². The van der Waals surface area contributed by atoms with Gasteiger partial charge < -0.3 is 5.11 Å². The van der Waals surface area contributed by atoms with Crippen molar-refractivity contribution < 1.29 is 9.90 Å². The molecule has 0 aliphatic rings. The molecule has 0 amide bonds. The molecule has 13 heavy (non-hydrogen) atoms. The van der Waals surface area contributed by atoms with Crippen molar-refractivity contribution in [2.45, 2.75) is 5.75 Å². The molecule has 0 saturated heterocycles. The Balaban J connectivity index is 2.37. The van der Waals surface area contributed by atoms with E-state index in [9.17, 15) is 4.79 Å². The summed E-state index contributed by atoms with van der Waals surface area (Å²) >= 11 is 6.80. The number of thioether (sulfide) groups is 1. The Hall–Kier alpha value is -0.810. The molecular weight excluding hydrogens is 212 g/mol. The first-order chi connectivity index (χ1) is 6.18. The third kappa shape index (κ3) is 4.10. The average Bonchev–Trinajstić information content (AvgIpc) is 2.08. The highest BCUT2D eigenvalue weighted by Gasteiger charge is 1.99. The normalized spacial score (nSPS) is 9.92. The lowest BCUT2D eigenvalue weighted by atomic mass is 10.5. The molecule has 0 spiro atoms. The van der Waals surface area contributed by atoms with Gasteiger partial charge in [0, 0.05) is 5.75 Å². The summed E-state index contributed by atoms with van der Waals surface area (Å²) in [6.07, 6.45) is 2.98. The van der Waals surface area contributed by atoms with Crippen molar-refractivity contribution in [2.75, 3.05) is 5.75 Å². The quantitative estimate of drug-likeness (QED) is 0.829. The molecule has 0 aliphatic heterocycles. The molecule has 0 saturated carbocycles. The van der Waals surface area contributed by atoms with E-state index in [1.54, 1.807) is 0 Å². The lowest BCUT2D eigenvalue weighted by Gasteiger charge is -1.97. The van der Waals surface area contributed by atoms with Crippen LogP contribution in [0.15, 0.2) is 12.4 Å². The topological polar surface area (TPSA) is 63.1 Å². The SMILES string of the molecule is O=C(O)CSCc1cnc(Cl)cn1. The maximum Gasteiger partial charge on any atom is 0.313 e. The Morgan fingerprint density at radius 3 is 2.85 bits per heavy atom. The van der Waals surface area contributed by atoms with Crippen LogP contribution in [0.25, 0.3) is 0 Å². The number of hydrogen-bond acceptors (Lipinski definition) is 4. The first-order valence-corrected chi connectivity index (χ1v) is 4.97. The Morgan fingerprint density at radius 2 is 2.31 bits per heavy atom. The summed E-state index contributed by atoms with van der Waals surface area (Å²) in [6, 6.07) is 0.